The molecule has 6 fully saturated rings. The molecule has 5 heteroatoms. The Bertz CT molecular complexity index is 742. The van der Waals surface area contributed by atoms with Gasteiger partial charge >= 0.3 is 0 Å². The minimum Gasteiger partial charge on any atom is -0.633 e. The second kappa shape index (κ2) is 4.65. The third-order valence-electron chi connectivity index (χ3n) is 10.9. The fraction of sp³-hybridized carbons (Fsp3) is 0.909. The Morgan fingerprint density at radius 1 is 1.22 bits per heavy atom. The monoisotopic (exact) mass is 375 g/mol. The van der Waals surface area contributed by atoms with Crippen LogP contribution in [0.15, 0.2) is 12.2 Å². The van der Waals surface area contributed by atoms with E-state index < -0.39 is 23.7 Å². The van der Waals surface area contributed by atoms with Gasteiger partial charge in [-0.05, 0) is 56.4 Å². The molecule has 2 spiro atoms. The lowest BCUT2D eigenvalue weighted by Crippen LogP contribution is -2.73. The first-order valence-corrected chi connectivity index (χ1v) is 11.0. The van der Waals surface area contributed by atoms with Gasteiger partial charge in [0.1, 0.15) is 6.04 Å². The highest BCUT2D eigenvalue weighted by atomic mass is 16.5. The SMILES string of the molecule is C=C1[C@H]2C[C@@]3([C@@H]1O)[C@@H](C[C@@H]2O)[C@@]12C4[C@@H]3C[C@@H]1[C@@](C)(CC[C@@H]2O)C[N+]4([O-])CC. The molecule has 0 aromatic carbocycles. The van der Waals surface area contributed by atoms with Crippen molar-refractivity contribution in [2.75, 3.05) is 13.1 Å². The van der Waals surface area contributed by atoms with Crippen molar-refractivity contribution in [3.63, 3.8) is 0 Å². The van der Waals surface area contributed by atoms with Crippen molar-refractivity contribution >= 4 is 0 Å². The summed E-state index contributed by atoms with van der Waals surface area (Å²) in [5.74, 6) is 0.473. The molecule has 3 N–H and O–H groups in total. The van der Waals surface area contributed by atoms with Crippen LogP contribution in [0, 0.1) is 45.1 Å². The molecular weight excluding hydrogens is 342 g/mol. The standard InChI is InChI=1S/C22H33NO4/c1-4-23(27)10-20(3)6-5-17(25)22-15(20)7-13(18(22)23)21-9-12(11(2)19(21)26)14(24)8-16(21)22/h12-19,24-26H,2,4-10H2,1,3H3/t12-,13+,14+,15-,16-,17+,18?,19-,20+,21+,22+,23?/m1/s1. The van der Waals surface area contributed by atoms with Crippen molar-refractivity contribution in [1.82, 2.24) is 0 Å². The van der Waals surface area contributed by atoms with E-state index in [1.54, 1.807) is 0 Å². The fourth-order valence-corrected chi connectivity index (χ4v) is 10.3. The van der Waals surface area contributed by atoms with Crippen LogP contribution in [0.1, 0.15) is 46.0 Å². The van der Waals surface area contributed by atoms with Crippen molar-refractivity contribution in [3.8, 4) is 0 Å². The number of aliphatic hydroxyl groups excluding tert-OH is 3. The Morgan fingerprint density at radius 3 is 2.67 bits per heavy atom. The number of fused-ring (bicyclic) bond motifs is 1. The zero-order valence-electron chi connectivity index (χ0n) is 16.5. The first-order valence-electron chi connectivity index (χ1n) is 11.0. The van der Waals surface area contributed by atoms with Gasteiger partial charge in [-0.3, -0.25) is 0 Å². The summed E-state index contributed by atoms with van der Waals surface area (Å²) in [4.78, 5) is 0. The van der Waals surface area contributed by atoms with Gasteiger partial charge in [0, 0.05) is 22.7 Å². The molecule has 1 heterocycles. The molecule has 7 bridgehead atoms. The largest absolute Gasteiger partial charge is 0.633 e. The average Bonchev–Trinajstić information content (AvgIpc) is 3.17. The Hall–Kier alpha value is -0.460. The second-order valence-corrected chi connectivity index (χ2v) is 11.2. The van der Waals surface area contributed by atoms with Crippen LogP contribution in [-0.2, 0) is 0 Å². The summed E-state index contributed by atoms with van der Waals surface area (Å²) in [6.07, 6.45) is 2.37. The maximum atomic E-state index is 14.2. The number of nitrogens with zero attached hydrogens (tertiary/aromatic N) is 1. The number of quaternary nitrogens is 1. The van der Waals surface area contributed by atoms with E-state index in [-0.39, 0.29) is 39.3 Å². The van der Waals surface area contributed by atoms with Gasteiger partial charge in [0.25, 0.3) is 0 Å². The minimum absolute atomic E-state index is 0.0344. The summed E-state index contributed by atoms with van der Waals surface area (Å²) < 4.78 is -0.215. The Kier molecular flexibility index (Phi) is 2.99. The summed E-state index contributed by atoms with van der Waals surface area (Å²) in [6.45, 7) is 9.62. The molecular formula is C22H33NO4. The molecule has 6 rings (SSSR count). The van der Waals surface area contributed by atoms with Crippen molar-refractivity contribution in [2.24, 2.45) is 39.9 Å². The molecule has 0 radical (unpaired) electrons. The van der Waals surface area contributed by atoms with Crippen LogP contribution in [0.5, 0.6) is 0 Å². The topological polar surface area (TPSA) is 83.8 Å². The maximum absolute atomic E-state index is 14.2. The van der Waals surface area contributed by atoms with Gasteiger partial charge in [0.15, 0.2) is 0 Å². The third-order valence-corrected chi connectivity index (χ3v) is 10.9. The van der Waals surface area contributed by atoms with E-state index in [2.05, 4.69) is 13.5 Å². The van der Waals surface area contributed by atoms with Gasteiger partial charge in [0.05, 0.1) is 36.8 Å². The van der Waals surface area contributed by atoms with Crippen molar-refractivity contribution in [2.45, 2.75) is 70.3 Å². The zero-order chi connectivity index (χ0) is 19.1. The molecule has 6 aliphatic rings. The number of hydrogen-bond donors (Lipinski definition) is 3. The Labute approximate surface area is 161 Å². The summed E-state index contributed by atoms with van der Waals surface area (Å²) in [5, 5.41) is 48.0. The van der Waals surface area contributed by atoms with Gasteiger partial charge in [0.2, 0.25) is 0 Å². The highest BCUT2D eigenvalue weighted by Gasteiger charge is 2.88. The number of hydrogen-bond acceptors (Lipinski definition) is 4. The molecule has 2 unspecified atom stereocenters. The van der Waals surface area contributed by atoms with E-state index in [0.29, 0.717) is 25.4 Å². The molecule has 1 saturated heterocycles. The van der Waals surface area contributed by atoms with E-state index in [4.69, 9.17) is 0 Å². The zero-order valence-corrected chi connectivity index (χ0v) is 16.5. The molecule has 5 nitrogen and oxygen atoms in total. The lowest BCUT2D eigenvalue weighted by atomic mass is 9.43. The van der Waals surface area contributed by atoms with Gasteiger partial charge in [-0.25, -0.2) is 0 Å². The van der Waals surface area contributed by atoms with Gasteiger partial charge < -0.3 is 25.2 Å². The van der Waals surface area contributed by atoms with E-state index >= 15 is 0 Å². The average molecular weight is 376 g/mol. The van der Waals surface area contributed by atoms with Gasteiger partial charge in [-0.2, -0.15) is 0 Å². The summed E-state index contributed by atoms with van der Waals surface area (Å²) in [7, 11) is 0. The molecule has 0 aromatic rings. The number of likely N-dealkylation sites (tertiary alicyclic amines) is 1. The minimum atomic E-state index is -0.638. The smallest absolute Gasteiger partial charge is 0.101 e. The second-order valence-electron chi connectivity index (χ2n) is 11.2. The van der Waals surface area contributed by atoms with Crippen LogP contribution in [0.25, 0.3) is 0 Å². The number of aliphatic hydroxyl groups is 3. The Balaban J connectivity index is 1.63. The quantitative estimate of drug-likeness (QED) is 0.371. The Morgan fingerprint density at radius 2 is 1.96 bits per heavy atom. The summed E-state index contributed by atoms with van der Waals surface area (Å²) in [6, 6.07) is -0.132. The van der Waals surface area contributed by atoms with Crippen LogP contribution < -0.4 is 0 Å². The van der Waals surface area contributed by atoms with E-state index in [0.717, 1.165) is 31.3 Å². The third kappa shape index (κ3) is 1.49. The fourth-order valence-electron chi connectivity index (χ4n) is 10.3. The van der Waals surface area contributed by atoms with Crippen molar-refractivity contribution < 1.29 is 20.0 Å². The van der Waals surface area contributed by atoms with Crippen LogP contribution in [0.4, 0.5) is 0 Å². The number of rotatable bonds is 1. The first kappa shape index (κ1) is 17.4. The van der Waals surface area contributed by atoms with E-state index in [9.17, 15) is 20.5 Å². The molecule has 5 aliphatic carbocycles. The lowest BCUT2D eigenvalue weighted by molar-refractivity contribution is -0.927. The maximum Gasteiger partial charge on any atom is 0.101 e. The molecule has 0 amide bonds. The van der Waals surface area contributed by atoms with E-state index in [1.807, 2.05) is 6.92 Å². The predicted octanol–water partition coefficient (Wildman–Crippen LogP) is 1.80. The summed E-state index contributed by atoms with van der Waals surface area (Å²) >= 11 is 0. The lowest BCUT2D eigenvalue weighted by Gasteiger charge is -2.68. The van der Waals surface area contributed by atoms with Crippen molar-refractivity contribution in [1.29, 1.82) is 0 Å². The van der Waals surface area contributed by atoms with Crippen LogP contribution >= 0.6 is 0 Å². The normalized spacial score (nSPS) is 68.3. The molecule has 150 valence electrons. The number of hydroxylamine groups is 3. The molecule has 27 heavy (non-hydrogen) atoms. The number of piperidine rings is 1. The molecule has 1 aliphatic heterocycles. The molecule has 5 saturated carbocycles. The van der Waals surface area contributed by atoms with Crippen LogP contribution in [0.2, 0.25) is 0 Å². The highest BCUT2D eigenvalue weighted by Crippen LogP contribution is 2.84. The molecule has 12 atom stereocenters. The van der Waals surface area contributed by atoms with Gasteiger partial charge in [-0.1, -0.05) is 13.5 Å². The van der Waals surface area contributed by atoms with Crippen molar-refractivity contribution in [3.05, 3.63) is 17.4 Å². The van der Waals surface area contributed by atoms with Crippen LogP contribution in [0.3, 0.4) is 0 Å². The van der Waals surface area contributed by atoms with Crippen LogP contribution in [-0.4, -0.2) is 57.4 Å². The summed E-state index contributed by atoms with van der Waals surface area (Å²) in [5.41, 5.74) is -0.0521. The van der Waals surface area contributed by atoms with Gasteiger partial charge in [-0.15, -0.1) is 0 Å². The molecule has 0 aromatic heterocycles. The predicted molar refractivity (Wildman–Crippen MR) is 100 cm³/mol. The highest BCUT2D eigenvalue weighted by molar-refractivity contribution is 5.38. The first-order chi connectivity index (χ1) is 12.7. The van der Waals surface area contributed by atoms with E-state index in [1.165, 1.54) is 0 Å².